The van der Waals surface area contributed by atoms with Crippen LogP contribution < -0.4 is 5.73 Å². The SMILES string of the molecule is CC1CCC(N)CC1.CCC. The maximum absolute atomic E-state index is 5.70. The molecular formula is C10H23N. The predicted octanol–water partition coefficient (Wildman–Crippen LogP) is 2.94. The van der Waals surface area contributed by atoms with Gasteiger partial charge in [0.25, 0.3) is 0 Å². The normalized spacial score (nSPS) is 30.5. The summed E-state index contributed by atoms with van der Waals surface area (Å²) in [5, 5.41) is 0. The van der Waals surface area contributed by atoms with Crippen LogP contribution in [0.5, 0.6) is 0 Å². The molecule has 1 fully saturated rings. The van der Waals surface area contributed by atoms with E-state index in [-0.39, 0.29) is 0 Å². The average Bonchev–Trinajstić information content (AvgIpc) is 1.97. The van der Waals surface area contributed by atoms with Gasteiger partial charge in [-0.2, -0.15) is 0 Å². The maximum Gasteiger partial charge on any atom is 0.00390 e. The van der Waals surface area contributed by atoms with Crippen molar-refractivity contribution in [3.63, 3.8) is 0 Å². The van der Waals surface area contributed by atoms with Gasteiger partial charge in [0.15, 0.2) is 0 Å². The van der Waals surface area contributed by atoms with Gasteiger partial charge in [0.1, 0.15) is 0 Å². The summed E-state index contributed by atoms with van der Waals surface area (Å²) in [5.41, 5.74) is 5.70. The van der Waals surface area contributed by atoms with Crippen molar-refractivity contribution in [2.45, 2.75) is 58.9 Å². The zero-order valence-electron chi connectivity index (χ0n) is 8.27. The third kappa shape index (κ3) is 6.36. The molecule has 1 rings (SSSR count). The smallest absolute Gasteiger partial charge is 0.00390 e. The van der Waals surface area contributed by atoms with E-state index in [0.717, 1.165) is 5.92 Å². The van der Waals surface area contributed by atoms with Crippen LogP contribution in [0.15, 0.2) is 0 Å². The zero-order valence-corrected chi connectivity index (χ0v) is 8.27. The number of nitrogens with two attached hydrogens (primary N) is 1. The molecule has 2 N–H and O–H groups in total. The van der Waals surface area contributed by atoms with Gasteiger partial charge in [-0.15, -0.1) is 0 Å². The Morgan fingerprint density at radius 3 is 1.73 bits per heavy atom. The van der Waals surface area contributed by atoms with E-state index in [1.807, 2.05) is 0 Å². The average molecular weight is 157 g/mol. The summed E-state index contributed by atoms with van der Waals surface area (Å²) in [6.07, 6.45) is 6.45. The second kappa shape index (κ2) is 6.66. The molecule has 1 aliphatic carbocycles. The molecule has 0 spiro atoms. The van der Waals surface area contributed by atoms with Gasteiger partial charge in [-0.05, 0) is 31.6 Å². The molecular weight excluding hydrogens is 134 g/mol. The highest BCUT2D eigenvalue weighted by Crippen LogP contribution is 2.21. The summed E-state index contributed by atoms with van der Waals surface area (Å²) in [6, 6.07) is 0.520. The molecule has 0 atom stereocenters. The van der Waals surface area contributed by atoms with E-state index < -0.39 is 0 Å². The van der Waals surface area contributed by atoms with E-state index in [0.29, 0.717) is 6.04 Å². The topological polar surface area (TPSA) is 26.0 Å². The van der Waals surface area contributed by atoms with E-state index in [9.17, 15) is 0 Å². The van der Waals surface area contributed by atoms with Crippen molar-refractivity contribution in [1.29, 1.82) is 0 Å². The molecule has 0 aromatic heterocycles. The first-order valence-corrected chi connectivity index (χ1v) is 4.96. The van der Waals surface area contributed by atoms with Crippen LogP contribution in [0.3, 0.4) is 0 Å². The lowest BCUT2D eigenvalue weighted by molar-refractivity contribution is 0.348. The molecule has 0 heterocycles. The Balaban J connectivity index is 0.000000292. The van der Waals surface area contributed by atoms with Crippen LogP contribution in [0.4, 0.5) is 0 Å². The summed E-state index contributed by atoms with van der Waals surface area (Å²) < 4.78 is 0. The minimum atomic E-state index is 0.520. The van der Waals surface area contributed by atoms with E-state index in [4.69, 9.17) is 5.73 Å². The summed E-state index contributed by atoms with van der Waals surface area (Å²) >= 11 is 0. The highest BCUT2D eigenvalue weighted by Gasteiger charge is 2.13. The fourth-order valence-corrected chi connectivity index (χ4v) is 1.29. The van der Waals surface area contributed by atoms with E-state index in [1.54, 1.807) is 0 Å². The molecule has 0 aromatic rings. The van der Waals surface area contributed by atoms with Crippen molar-refractivity contribution in [2.75, 3.05) is 0 Å². The fourth-order valence-electron chi connectivity index (χ4n) is 1.29. The predicted molar refractivity (Wildman–Crippen MR) is 51.6 cm³/mol. The highest BCUT2D eigenvalue weighted by molar-refractivity contribution is 4.70. The maximum atomic E-state index is 5.70. The van der Waals surface area contributed by atoms with Crippen LogP contribution in [0.1, 0.15) is 52.9 Å². The zero-order chi connectivity index (χ0) is 8.69. The van der Waals surface area contributed by atoms with Crippen LogP contribution >= 0.6 is 0 Å². The van der Waals surface area contributed by atoms with Gasteiger partial charge in [0.05, 0.1) is 0 Å². The Bertz CT molecular complexity index is 62.9. The monoisotopic (exact) mass is 157 g/mol. The molecule has 1 heteroatoms. The Hall–Kier alpha value is -0.0400. The van der Waals surface area contributed by atoms with E-state index in [1.165, 1.54) is 32.1 Å². The molecule has 1 saturated carbocycles. The summed E-state index contributed by atoms with van der Waals surface area (Å²) in [4.78, 5) is 0. The van der Waals surface area contributed by atoms with Crippen molar-refractivity contribution >= 4 is 0 Å². The van der Waals surface area contributed by atoms with Crippen LogP contribution in [0.2, 0.25) is 0 Å². The van der Waals surface area contributed by atoms with Gasteiger partial charge >= 0.3 is 0 Å². The van der Waals surface area contributed by atoms with Gasteiger partial charge in [-0.25, -0.2) is 0 Å². The standard InChI is InChI=1S/C7H15N.C3H8/c1-6-2-4-7(8)5-3-6;1-3-2/h6-7H,2-5,8H2,1H3;3H2,1-2H3. The molecule has 11 heavy (non-hydrogen) atoms. The lowest BCUT2D eigenvalue weighted by Crippen LogP contribution is -2.25. The number of hydrogen-bond donors (Lipinski definition) is 1. The Labute approximate surface area is 71.4 Å². The summed E-state index contributed by atoms with van der Waals surface area (Å²) in [5.74, 6) is 0.940. The second-order valence-electron chi connectivity index (χ2n) is 3.73. The van der Waals surface area contributed by atoms with Crippen molar-refractivity contribution in [1.82, 2.24) is 0 Å². The first kappa shape index (κ1) is 11.0. The molecule has 0 bridgehead atoms. The first-order chi connectivity index (χ1) is 5.20. The van der Waals surface area contributed by atoms with Gasteiger partial charge in [-0.1, -0.05) is 27.2 Å². The van der Waals surface area contributed by atoms with E-state index >= 15 is 0 Å². The Morgan fingerprint density at radius 1 is 1.09 bits per heavy atom. The van der Waals surface area contributed by atoms with Gasteiger partial charge in [0, 0.05) is 6.04 Å². The number of rotatable bonds is 0. The highest BCUT2D eigenvalue weighted by atomic mass is 14.6. The van der Waals surface area contributed by atoms with Gasteiger partial charge < -0.3 is 5.73 Å². The second-order valence-corrected chi connectivity index (χ2v) is 3.73. The number of hydrogen-bond acceptors (Lipinski definition) is 1. The third-order valence-electron chi connectivity index (χ3n) is 2.06. The van der Waals surface area contributed by atoms with Crippen molar-refractivity contribution in [2.24, 2.45) is 11.7 Å². The molecule has 1 aliphatic rings. The minimum absolute atomic E-state index is 0.520. The molecule has 0 radical (unpaired) electrons. The summed E-state index contributed by atoms with van der Waals surface area (Å²) in [6.45, 7) is 6.56. The minimum Gasteiger partial charge on any atom is -0.328 e. The molecule has 0 amide bonds. The summed E-state index contributed by atoms with van der Waals surface area (Å²) in [7, 11) is 0. The lowest BCUT2D eigenvalue weighted by Gasteiger charge is -2.22. The van der Waals surface area contributed by atoms with Crippen LogP contribution in [0.25, 0.3) is 0 Å². The molecule has 0 aromatic carbocycles. The molecule has 68 valence electrons. The molecule has 0 aliphatic heterocycles. The van der Waals surface area contributed by atoms with Crippen molar-refractivity contribution in [3.05, 3.63) is 0 Å². The van der Waals surface area contributed by atoms with Crippen LogP contribution in [-0.4, -0.2) is 6.04 Å². The van der Waals surface area contributed by atoms with Crippen molar-refractivity contribution < 1.29 is 0 Å². The van der Waals surface area contributed by atoms with Crippen LogP contribution in [-0.2, 0) is 0 Å². The Morgan fingerprint density at radius 2 is 1.45 bits per heavy atom. The fraction of sp³-hybridized carbons (Fsp3) is 1.00. The van der Waals surface area contributed by atoms with Crippen molar-refractivity contribution in [3.8, 4) is 0 Å². The van der Waals surface area contributed by atoms with Gasteiger partial charge in [-0.3, -0.25) is 0 Å². The lowest BCUT2D eigenvalue weighted by atomic mass is 9.88. The first-order valence-electron chi connectivity index (χ1n) is 4.96. The Kier molecular flexibility index (Phi) is 6.63. The van der Waals surface area contributed by atoms with E-state index in [2.05, 4.69) is 20.8 Å². The third-order valence-corrected chi connectivity index (χ3v) is 2.06. The quantitative estimate of drug-likeness (QED) is 0.575. The molecule has 0 unspecified atom stereocenters. The van der Waals surface area contributed by atoms with Crippen LogP contribution in [0, 0.1) is 5.92 Å². The van der Waals surface area contributed by atoms with Gasteiger partial charge in [0.2, 0.25) is 0 Å². The molecule has 0 saturated heterocycles. The largest absolute Gasteiger partial charge is 0.328 e. The molecule has 1 nitrogen and oxygen atoms in total.